The first-order chi connectivity index (χ1) is 3.55. The Morgan fingerprint density at radius 2 is 1.38 bits per heavy atom. The van der Waals surface area contributed by atoms with Crippen molar-refractivity contribution in [1.82, 2.24) is 0 Å². The summed E-state index contributed by atoms with van der Waals surface area (Å²) in [5, 5.41) is 18.3. The fourth-order valence-corrected chi connectivity index (χ4v) is 0.0667. The second-order valence-electron chi connectivity index (χ2n) is 0.797. The molecule has 0 bridgehead atoms. The van der Waals surface area contributed by atoms with Crippen molar-refractivity contribution in [2.45, 2.75) is 0 Å². The molecule has 7 heteroatoms. The Morgan fingerprint density at radius 3 is 1.38 bits per heavy atom. The number of nitro groups is 2. The van der Waals surface area contributed by atoms with Crippen molar-refractivity contribution in [1.29, 1.82) is 0 Å². The Labute approximate surface area is 42.2 Å². The van der Waals surface area contributed by atoms with Crippen molar-refractivity contribution in [3.8, 4) is 0 Å². The number of hydrogen-bond acceptors (Lipinski definition) is 5. The summed E-state index contributed by atoms with van der Waals surface area (Å²) >= 11 is 0. The summed E-state index contributed by atoms with van der Waals surface area (Å²) in [4.78, 5) is 24.6. The molecule has 0 atom stereocenters. The van der Waals surface area contributed by atoms with E-state index in [0.717, 1.165) is 0 Å². The second-order valence-corrected chi connectivity index (χ2v) is 0.797. The number of carbonyl (C=O) groups is 1. The molecule has 44 valence electrons. The molecule has 0 aromatic heterocycles. The van der Waals surface area contributed by atoms with Crippen LogP contribution >= 0.6 is 0 Å². The van der Waals surface area contributed by atoms with Crippen LogP contribution in [0.25, 0.3) is 0 Å². The zero-order chi connectivity index (χ0) is 6.73. The maximum atomic E-state index is 9.44. The highest BCUT2D eigenvalue weighted by Gasteiger charge is 2.30. The minimum Gasteiger partial charge on any atom is -0.250 e. The first kappa shape index (κ1) is 6.47. The van der Waals surface area contributed by atoms with Crippen molar-refractivity contribution in [2.75, 3.05) is 0 Å². The van der Waals surface area contributed by atoms with E-state index in [1.54, 1.807) is 0 Å². The van der Waals surface area contributed by atoms with Gasteiger partial charge in [-0.3, -0.25) is 20.2 Å². The molecule has 0 N–H and O–H groups in total. The number of amides is 2. The summed E-state index contributed by atoms with van der Waals surface area (Å²) < 4.78 is 0. The van der Waals surface area contributed by atoms with Gasteiger partial charge in [0.1, 0.15) is 0 Å². The summed E-state index contributed by atoms with van der Waals surface area (Å²) in [6, 6.07) is -2.20. The molecule has 0 rings (SSSR count). The minimum absolute atomic E-state index is 1.60. The van der Waals surface area contributed by atoms with Crippen LogP contribution in [0.4, 0.5) is 4.79 Å². The molecule has 0 aliphatic carbocycles. The molecule has 7 nitrogen and oxygen atoms in total. The molecule has 2 amide bonds. The van der Waals surface area contributed by atoms with Crippen molar-refractivity contribution in [3.05, 3.63) is 20.2 Å². The SMILES string of the molecule is O=C([N+](=O)[O-])[N+](=O)[O-]. The molecule has 0 radical (unpaired) electrons. The molecule has 8 heavy (non-hydrogen) atoms. The molecule has 0 heterocycles. The van der Waals surface area contributed by atoms with E-state index in [9.17, 15) is 4.79 Å². The predicted octanol–water partition coefficient (Wildman–Crippen LogP) is -0.340. The summed E-state index contributed by atoms with van der Waals surface area (Å²) in [6.07, 6.45) is 0. The van der Waals surface area contributed by atoms with E-state index < -0.39 is 15.9 Å². The normalized spacial score (nSPS) is 8.00. The third-order valence-corrected chi connectivity index (χ3v) is 0.312. The van der Waals surface area contributed by atoms with Crippen LogP contribution in [-0.2, 0) is 0 Å². The van der Waals surface area contributed by atoms with Crippen molar-refractivity contribution in [3.63, 3.8) is 0 Å². The van der Waals surface area contributed by atoms with Gasteiger partial charge in [-0.05, 0) is 0 Å². The van der Waals surface area contributed by atoms with Crippen LogP contribution in [0.15, 0.2) is 0 Å². The van der Waals surface area contributed by atoms with Crippen LogP contribution < -0.4 is 0 Å². The highest BCUT2D eigenvalue weighted by molar-refractivity contribution is 5.54. The molecule has 0 spiro atoms. The molecule has 0 aromatic carbocycles. The van der Waals surface area contributed by atoms with E-state index in [1.807, 2.05) is 0 Å². The van der Waals surface area contributed by atoms with E-state index in [1.165, 1.54) is 0 Å². The number of urea groups is 1. The third-order valence-electron chi connectivity index (χ3n) is 0.312. The van der Waals surface area contributed by atoms with Crippen molar-refractivity contribution in [2.24, 2.45) is 0 Å². The largest absolute Gasteiger partial charge is 0.789 e. The molecule has 0 aromatic rings. The Hall–Kier alpha value is -1.53. The number of rotatable bonds is 0. The van der Waals surface area contributed by atoms with Gasteiger partial charge in [0.2, 0.25) is 0 Å². The van der Waals surface area contributed by atoms with Gasteiger partial charge in [-0.1, -0.05) is 0 Å². The maximum absolute atomic E-state index is 9.44. The zero-order valence-electron chi connectivity index (χ0n) is 3.44. The number of carbonyl (C=O) groups excluding carboxylic acids is 1. The van der Waals surface area contributed by atoms with Gasteiger partial charge in [0.15, 0.2) is 9.85 Å². The number of hydrogen-bond donors (Lipinski definition) is 0. The average Bonchev–Trinajstić information content (AvgIpc) is 1.64. The van der Waals surface area contributed by atoms with Crippen LogP contribution in [0, 0.1) is 20.2 Å². The molecule has 0 aliphatic heterocycles. The lowest BCUT2D eigenvalue weighted by atomic mass is 11.1. The lowest BCUT2D eigenvalue weighted by molar-refractivity contribution is -0.525. The lowest BCUT2D eigenvalue weighted by Gasteiger charge is -1.74. The Kier molecular flexibility index (Phi) is 1.58. The van der Waals surface area contributed by atoms with E-state index >= 15 is 0 Å². The Morgan fingerprint density at radius 1 is 1.12 bits per heavy atom. The van der Waals surface area contributed by atoms with Crippen molar-refractivity contribution >= 4 is 6.03 Å². The summed E-state index contributed by atoms with van der Waals surface area (Å²) in [5.41, 5.74) is 0. The lowest BCUT2D eigenvalue weighted by Crippen LogP contribution is -2.18. The summed E-state index contributed by atoms with van der Waals surface area (Å²) in [6.45, 7) is 0. The Balaban J connectivity index is 4.05. The van der Waals surface area contributed by atoms with Gasteiger partial charge < -0.3 is 0 Å². The zero-order valence-corrected chi connectivity index (χ0v) is 3.44. The van der Waals surface area contributed by atoms with Gasteiger partial charge in [0, 0.05) is 0 Å². The highest BCUT2D eigenvalue weighted by Crippen LogP contribution is 1.76. The van der Waals surface area contributed by atoms with Crippen LogP contribution in [-0.4, -0.2) is 15.9 Å². The van der Waals surface area contributed by atoms with Crippen molar-refractivity contribution < 1.29 is 14.6 Å². The average molecular weight is 120 g/mol. The summed E-state index contributed by atoms with van der Waals surface area (Å²) in [7, 11) is 0. The first-order valence-electron chi connectivity index (χ1n) is 1.38. The molecule has 0 saturated heterocycles. The van der Waals surface area contributed by atoms with E-state index in [-0.39, 0.29) is 0 Å². The maximum Gasteiger partial charge on any atom is 0.789 e. The van der Waals surface area contributed by atoms with Gasteiger partial charge in [-0.2, -0.15) is 0 Å². The van der Waals surface area contributed by atoms with E-state index in [2.05, 4.69) is 0 Å². The van der Waals surface area contributed by atoms with Crippen LogP contribution in [0.5, 0.6) is 0 Å². The molecule has 0 aliphatic rings. The highest BCUT2D eigenvalue weighted by atomic mass is 16.7. The molecule has 0 unspecified atom stereocenters. The molecule has 0 saturated carbocycles. The molecule has 0 fully saturated rings. The summed E-state index contributed by atoms with van der Waals surface area (Å²) in [5.74, 6) is 0. The van der Waals surface area contributed by atoms with Gasteiger partial charge in [-0.15, -0.1) is 4.79 Å². The Bertz CT molecular complexity index is 133. The number of nitrogens with zero attached hydrogens (tertiary/aromatic N) is 2. The van der Waals surface area contributed by atoms with Crippen LogP contribution in [0.1, 0.15) is 0 Å². The van der Waals surface area contributed by atoms with Gasteiger partial charge in [0.05, 0.1) is 0 Å². The standard InChI is InChI=1S/CN2O5/c4-1(2(5)6)3(7)8. The second kappa shape index (κ2) is 1.96. The third kappa shape index (κ3) is 1.29. The monoisotopic (exact) mass is 120 g/mol. The fraction of sp³-hybridized carbons (Fsp3) is 0. The van der Waals surface area contributed by atoms with Crippen LogP contribution in [0.3, 0.4) is 0 Å². The predicted molar refractivity (Wildman–Crippen MR) is 19.4 cm³/mol. The topological polar surface area (TPSA) is 103 Å². The van der Waals surface area contributed by atoms with Gasteiger partial charge >= 0.3 is 6.03 Å². The quantitative estimate of drug-likeness (QED) is 0.321. The van der Waals surface area contributed by atoms with Gasteiger partial charge in [0.25, 0.3) is 0 Å². The van der Waals surface area contributed by atoms with Crippen LogP contribution in [0.2, 0.25) is 0 Å². The fourth-order valence-electron chi connectivity index (χ4n) is 0.0667. The first-order valence-corrected chi connectivity index (χ1v) is 1.38. The molecular weight excluding hydrogens is 120 g/mol. The van der Waals surface area contributed by atoms with E-state index in [4.69, 9.17) is 20.2 Å². The minimum atomic E-state index is -2.20. The van der Waals surface area contributed by atoms with E-state index in [0.29, 0.717) is 0 Å². The van der Waals surface area contributed by atoms with Gasteiger partial charge in [-0.25, -0.2) is 0 Å². The smallest absolute Gasteiger partial charge is 0.250 e. The molecular formula is CN2O5.